The summed E-state index contributed by atoms with van der Waals surface area (Å²) in [5.74, 6) is 0.638. The van der Waals surface area contributed by atoms with Crippen molar-refractivity contribution in [2.45, 2.75) is 69.9 Å². The molecule has 2 aromatic carbocycles. The molecule has 0 radical (unpaired) electrons. The molecule has 0 unspecified atom stereocenters. The summed E-state index contributed by atoms with van der Waals surface area (Å²) in [4.78, 5) is 13.1. The molecule has 1 fully saturated rings. The van der Waals surface area contributed by atoms with E-state index in [9.17, 15) is 13.2 Å². The van der Waals surface area contributed by atoms with Gasteiger partial charge in [0.25, 0.3) is 0 Å². The maximum absolute atomic E-state index is 13.2. The number of aryl methyl sites for hydroxylation is 2. The maximum atomic E-state index is 13.2. The molecular weight excluding hydrogens is 436 g/mol. The van der Waals surface area contributed by atoms with Crippen LogP contribution in [0.1, 0.15) is 56.2 Å². The Morgan fingerprint density at radius 1 is 1.03 bits per heavy atom. The SMILES string of the molecule is CC(C)Oc1ccc(CNC(=O)C2CCN(S(=O)(=O)c3ccc4c(c3)CCCC4)CC2)cc1. The normalized spacial score (nSPS) is 17.5. The third-order valence-corrected chi connectivity index (χ3v) is 8.44. The molecule has 178 valence electrons. The van der Waals surface area contributed by atoms with Crippen molar-refractivity contribution >= 4 is 15.9 Å². The number of hydrogen-bond acceptors (Lipinski definition) is 4. The zero-order chi connectivity index (χ0) is 23.4. The number of carbonyl (C=O) groups is 1. The molecule has 2 aromatic rings. The first-order chi connectivity index (χ1) is 15.8. The molecule has 6 nitrogen and oxygen atoms in total. The zero-order valence-corrected chi connectivity index (χ0v) is 20.4. The van der Waals surface area contributed by atoms with E-state index in [1.54, 1.807) is 6.07 Å². The first-order valence-electron chi connectivity index (χ1n) is 12.0. The minimum absolute atomic E-state index is 0.0108. The molecule has 1 heterocycles. The van der Waals surface area contributed by atoms with Gasteiger partial charge in [-0.1, -0.05) is 18.2 Å². The van der Waals surface area contributed by atoms with Gasteiger partial charge in [0.15, 0.2) is 0 Å². The lowest BCUT2D eigenvalue weighted by molar-refractivity contribution is -0.126. The van der Waals surface area contributed by atoms with Gasteiger partial charge in [-0.3, -0.25) is 4.79 Å². The fraction of sp³-hybridized carbons (Fsp3) is 0.500. The Hall–Kier alpha value is -2.38. The van der Waals surface area contributed by atoms with Crippen LogP contribution in [0, 0.1) is 5.92 Å². The molecule has 1 N–H and O–H groups in total. The van der Waals surface area contributed by atoms with Crippen LogP contribution >= 0.6 is 0 Å². The van der Waals surface area contributed by atoms with E-state index in [2.05, 4.69) is 5.32 Å². The molecule has 1 saturated heterocycles. The number of piperidine rings is 1. The van der Waals surface area contributed by atoms with E-state index in [-0.39, 0.29) is 17.9 Å². The molecule has 33 heavy (non-hydrogen) atoms. The second-order valence-corrected chi connectivity index (χ2v) is 11.3. The Morgan fingerprint density at radius 3 is 2.36 bits per heavy atom. The summed E-state index contributed by atoms with van der Waals surface area (Å²) >= 11 is 0. The highest BCUT2D eigenvalue weighted by molar-refractivity contribution is 7.89. The quantitative estimate of drug-likeness (QED) is 0.662. The number of nitrogens with zero attached hydrogens (tertiary/aromatic N) is 1. The molecule has 4 rings (SSSR count). The van der Waals surface area contributed by atoms with Crippen LogP contribution in [0.4, 0.5) is 0 Å². The van der Waals surface area contributed by atoms with Gasteiger partial charge in [0.05, 0.1) is 11.0 Å². The van der Waals surface area contributed by atoms with Crippen LogP contribution in [0.3, 0.4) is 0 Å². The lowest BCUT2D eigenvalue weighted by atomic mass is 9.92. The van der Waals surface area contributed by atoms with E-state index in [0.717, 1.165) is 30.6 Å². The Morgan fingerprint density at radius 2 is 1.70 bits per heavy atom. The monoisotopic (exact) mass is 470 g/mol. The van der Waals surface area contributed by atoms with E-state index in [1.807, 2.05) is 50.2 Å². The van der Waals surface area contributed by atoms with Crippen molar-refractivity contribution in [2.75, 3.05) is 13.1 Å². The number of hydrogen-bond donors (Lipinski definition) is 1. The molecule has 0 spiro atoms. The molecule has 2 aliphatic rings. The van der Waals surface area contributed by atoms with Crippen molar-refractivity contribution in [1.29, 1.82) is 0 Å². The van der Waals surface area contributed by atoms with Crippen LogP contribution < -0.4 is 10.1 Å². The van der Waals surface area contributed by atoms with Gasteiger partial charge >= 0.3 is 0 Å². The number of fused-ring (bicyclic) bond motifs is 1. The fourth-order valence-corrected chi connectivity index (χ4v) is 6.19. The second-order valence-electron chi connectivity index (χ2n) is 9.34. The average Bonchev–Trinajstić information content (AvgIpc) is 2.83. The van der Waals surface area contributed by atoms with Crippen molar-refractivity contribution in [1.82, 2.24) is 9.62 Å². The molecule has 1 amide bonds. The summed E-state index contributed by atoms with van der Waals surface area (Å²) in [6.07, 6.45) is 5.48. The van der Waals surface area contributed by atoms with Crippen LogP contribution in [0.15, 0.2) is 47.4 Å². The maximum Gasteiger partial charge on any atom is 0.243 e. The van der Waals surface area contributed by atoms with E-state index in [1.165, 1.54) is 21.9 Å². The van der Waals surface area contributed by atoms with Gasteiger partial charge in [0.1, 0.15) is 5.75 Å². The van der Waals surface area contributed by atoms with Gasteiger partial charge in [0, 0.05) is 25.6 Å². The number of rotatable bonds is 7. The first kappa shape index (κ1) is 23.8. The highest BCUT2D eigenvalue weighted by Crippen LogP contribution is 2.28. The third kappa shape index (κ3) is 5.76. The van der Waals surface area contributed by atoms with E-state index in [0.29, 0.717) is 37.4 Å². The highest BCUT2D eigenvalue weighted by Gasteiger charge is 2.32. The molecule has 0 bridgehead atoms. The molecule has 1 aliphatic carbocycles. The van der Waals surface area contributed by atoms with Crippen LogP contribution in [0.5, 0.6) is 5.75 Å². The van der Waals surface area contributed by atoms with Crippen molar-refractivity contribution in [3.8, 4) is 5.75 Å². The van der Waals surface area contributed by atoms with E-state index < -0.39 is 10.0 Å². The Labute approximate surface area is 197 Å². The number of nitrogens with one attached hydrogen (secondary N) is 1. The largest absolute Gasteiger partial charge is 0.491 e. The van der Waals surface area contributed by atoms with Crippen LogP contribution in [0.25, 0.3) is 0 Å². The van der Waals surface area contributed by atoms with Gasteiger partial charge in [-0.2, -0.15) is 4.31 Å². The lowest BCUT2D eigenvalue weighted by Crippen LogP contribution is -2.42. The zero-order valence-electron chi connectivity index (χ0n) is 19.5. The summed E-state index contributed by atoms with van der Waals surface area (Å²) < 4.78 is 33.5. The van der Waals surface area contributed by atoms with Gasteiger partial charge in [-0.15, -0.1) is 0 Å². The lowest BCUT2D eigenvalue weighted by Gasteiger charge is -2.31. The Bertz CT molecular complexity index is 1070. The smallest absolute Gasteiger partial charge is 0.243 e. The summed E-state index contributed by atoms with van der Waals surface area (Å²) in [5, 5.41) is 3.00. The molecule has 0 aromatic heterocycles. The number of benzene rings is 2. The number of ether oxygens (including phenoxy) is 1. The van der Waals surface area contributed by atoms with Crippen LogP contribution in [0.2, 0.25) is 0 Å². The van der Waals surface area contributed by atoms with E-state index >= 15 is 0 Å². The summed E-state index contributed by atoms with van der Waals surface area (Å²) in [5.41, 5.74) is 3.45. The number of sulfonamides is 1. The minimum atomic E-state index is -3.52. The predicted octanol–water partition coefficient (Wildman–Crippen LogP) is 4.07. The minimum Gasteiger partial charge on any atom is -0.491 e. The van der Waals surface area contributed by atoms with Gasteiger partial charge in [0.2, 0.25) is 15.9 Å². The highest BCUT2D eigenvalue weighted by atomic mass is 32.2. The first-order valence-corrected chi connectivity index (χ1v) is 13.4. The fourth-order valence-electron chi connectivity index (χ4n) is 4.67. The summed E-state index contributed by atoms with van der Waals surface area (Å²) in [6, 6.07) is 13.3. The van der Waals surface area contributed by atoms with E-state index in [4.69, 9.17) is 4.74 Å². The van der Waals surface area contributed by atoms with Crippen molar-refractivity contribution in [3.05, 3.63) is 59.2 Å². The molecular formula is C26H34N2O4S. The predicted molar refractivity (Wildman–Crippen MR) is 129 cm³/mol. The van der Waals surface area contributed by atoms with Crippen molar-refractivity contribution in [2.24, 2.45) is 5.92 Å². The topological polar surface area (TPSA) is 75.7 Å². The van der Waals surface area contributed by atoms with Crippen LogP contribution in [-0.2, 0) is 34.2 Å². The summed E-state index contributed by atoms with van der Waals surface area (Å²) in [7, 11) is -3.52. The Balaban J connectivity index is 1.29. The Kier molecular flexibility index (Phi) is 7.39. The number of amides is 1. The number of carbonyl (C=O) groups excluding carboxylic acids is 1. The van der Waals surface area contributed by atoms with Crippen molar-refractivity contribution in [3.63, 3.8) is 0 Å². The molecule has 0 saturated carbocycles. The van der Waals surface area contributed by atoms with Crippen LogP contribution in [-0.4, -0.2) is 37.8 Å². The third-order valence-electron chi connectivity index (χ3n) is 6.54. The van der Waals surface area contributed by atoms with Gasteiger partial charge < -0.3 is 10.1 Å². The van der Waals surface area contributed by atoms with Gasteiger partial charge in [-0.05, 0) is 93.3 Å². The van der Waals surface area contributed by atoms with Crippen molar-refractivity contribution < 1.29 is 17.9 Å². The second kappa shape index (κ2) is 10.3. The molecule has 1 aliphatic heterocycles. The molecule has 0 atom stereocenters. The van der Waals surface area contributed by atoms with Gasteiger partial charge in [-0.25, -0.2) is 8.42 Å². The summed E-state index contributed by atoms with van der Waals surface area (Å²) in [6.45, 7) is 5.17. The molecule has 7 heteroatoms. The standard InChI is InChI=1S/C26H34N2O4S/c1-19(2)32-24-10-7-20(8-11-24)18-27-26(29)22-13-15-28(16-14-22)33(30,31)25-12-9-21-5-3-4-6-23(21)17-25/h7-12,17,19,22H,3-6,13-16,18H2,1-2H3,(H,27,29). The average molecular weight is 471 g/mol.